The van der Waals surface area contributed by atoms with Gasteiger partial charge in [-0.1, -0.05) is 6.92 Å². The second-order valence-electron chi connectivity index (χ2n) is 3.47. The van der Waals surface area contributed by atoms with Crippen LogP contribution in [0.15, 0.2) is 0 Å². The molecule has 3 atom stereocenters. The van der Waals surface area contributed by atoms with Gasteiger partial charge in [0.25, 0.3) is 0 Å². The summed E-state index contributed by atoms with van der Waals surface area (Å²) in [4.78, 5) is 10.4. The van der Waals surface area contributed by atoms with Crippen molar-refractivity contribution in [2.45, 2.75) is 31.9 Å². The average molecular weight is 173 g/mol. The third-order valence-corrected chi connectivity index (χ3v) is 2.33. The van der Waals surface area contributed by atoms with E-state index in [2.05, 4.69) is 12.2 Å². The summed E-state index contributed by atoms with van der Waals surface area (Å²) in [7, 11) is 0. The lowest BCUT2D eigenvalue weighted by molar-refractivity contribution is -0.148. The number of hydrogen-bond acceptors (Lipinski definition) is 3. The highest BCUT2D eigenvalue weighted by Crippen LogP contribution is 2.17. The van der Waals surface area contributed by atoms with E-state index in [4.69, 9.17) is 5.11 Å². The third-order valence-electron chi connectivity index (χ3n) is 2.33. The summed E-state index contributed by atoms with van der Waals surface area (Å²) >= 11 is 0. The van der Waals surface area contributed by atoms with Crippen LogP contribution < -0.4 is 5.32 Å². The fourth-order valence-corrected chi connectivity index (χ4v) is 1.56. The van der Waals surface area contributed by atoms with Crippen LogP contribution in [0.3, 0.4) is 0 Å². The van der Waals surface area contributed by atoms with Crippen molar-refractivity contribution in [2.24, 2.45) is 5.92 Å². The average Bonchev–Trinajstić information content (AvgIpc) is 2.03. The van der Waals surface area contributed by atoms with E-state index in [1.807, 2.05) is 0 Å². The lowest BCUT2D eigenvalue weighted by Crippen LogP contribution is -2.48. The highest BCUT2D eigenvalue weighted by Gasteiger charge is 2.29. The fourth-order valence-electron chi connectivity index (χ4n) is 1.56. The van der Waals surface area contributed by atoms with Gasteiger partial charge in [0.2, 0.25) is 0 Å². The lowest BCUT2D eigenvalue weighted by Gasteiger charge is -2.29. The monoisotopic (exact) mass is 173 g/mol. The summed E-state index contributed by atoms with van der Waals surface area (Å²) in [6, 6.07) is -0.272. The first-order chi connectivity index (χ1) is 5.61. The Hall–Kier alpha value is -0.610. The van der Waals surface area contributed by atoms with Gasteiger partial charge in [-0.05, 0) is 25.3 Å². The molecular weight excluding hydrogens is 158 g/mol. The number of carbonyl (C=O) groups is 1. The Balaban J connectivity index is 2.45. The van der Waals surface area contributed by atoms with E-state index >= 15 is 0 Å². The number of carboxylic acid groups (broad SMARTS) is 1. The minimum absolute atomic E-state index is 0.272. The van der Waals surface area contributed by atoms with Crippen LogP contribution in [-0.4, -0.2) is 34.9 Å². The lowest BCUT2D eigenvalue weighted by atomic mass is 9.91. The number of aliphatic carboxylic acids is 1. The molecule has 0 aromatic carbocycles. The zero-order chi connectivity index (χ0) is 9.14. The maximum atomic E-state index is 10.4. The van der Waals surface area contributed by atoms with Gasteiger partial charge in [0.05, 0.1) is 0 Å². The largest absolute Gasteiger partial charge is 0.479 e. The summed E-state index contributed by atoms with van der Waals surface area (Å²) < 4.78 is 0. The zero-order valence-electron chi connectivity index (χ0n) is 7.16. The maximum absolute atomic E-state index is 10.4. The SMILES string of the molecule is CC1CCNC(C(O)C(=O)O)C1. The molecule has 1 saturated heterocycles. The number of nitrogens with one attached hydrogen (secondary N) is 1. The summed E-state index contributed by atoms with van der Waals surface area (Å²) in [5, 5.41) is 20.7. The Morgan fingerprint density at radius 1 is 1.67 bits per heavy atom. The van der Waals surface area contributed by atoms with Crippen LogP contribution in [0.4, 0.5) is 0 Å². The highest BCUT2D eigenvalue weighted by molar-refractivity contribution is 5.72. The first-order valence-corrected chi connectivity index (χ1v) is 4.25. The quantitative estimate of drug-likeness (QED) is 0.542. The number of rotatable bonds is 2. The number of carboxylic acids is 1. The van der Waals surface area contributed by atoms with Crippen LogP contribution in [-0.2, 0) is 4.79 Å². The minimum Gasteiger partial charge on any atom is -0.479 e. The van der Waals surface area contributed by atoms with Gasteiger partial charge in [-0.15, -0.1) is 0 Å². The van der Waals surface area contributed by atoms with E-state index in [1.165, 1.54) is 0 Å². The molecule has 0 radical (unpaired) electrons. The number of aliphatic hydroxyl groups is 1. The second-order valence-corrected chi connectivity index (χ2v) is 3.47. The molecule has 3 N–H and O–H groups in total. The van der Waals surface area contributed by atoms with Crippen molar-refractivity contribution in [2.75, 3.05) is 6.54 Å². The maximum Gasteiger partial charge on any atom is 0.334 e. The van der Waals surface area contributed by atoms with E-state index in [1.54, 1.807) is 0 Å². The minimum atomic E-state index is -1.26. The molecule has 1 aliphatic heterocycles. The number of aliphatic hydroxyl groups excluding tert-OH is 1. The molecule has 1 fully saturated rings. The van der Waals surface area contributed by atoms with Crippen molar-refractivity contribution in [3.8, 4) is 0 Å². The Morgan fingerprint density at radius 3 is 2.83 bits per heavy atom. The van der Waals surface area contributed by atoms with Crippen molar-refractivity contribution in [1.82, 2.24) is 5.32 Å². The van der Waals surface area contributed by atoms with Gasteiger partial charge in [0.1, 0.15) is 0 Å². The topological polar surface area (TPSA) is 69.6 Å². The van der Waals surface area contributed by atoms with Crippen molar-refractivity contribution < 1.29 is 15.0 Å². The zero-order valence-corrected chi connectivity index (χ0v) is 7.16. The normalized spacial score (nSPS) is 32.8. The van der Waals surface area contributed by atoms with Crippen molar-refractivity contribution in [3.63, 3.8) is 0 Å². The first-order valence-electron chi connectivity index (χ1n) is 4.25. The highest BCUT2D eigenvalue weighted by atomic mass is 16.4. The van der Waals surface area contributed by atoms with Gasteiger partial charge < -0.3 is 15.5 Å². The predicted octanol–water partition coefficient (Wildman–Crippen LogP) is -0.180. The fraction of sp³-hybridized carbons (Fsp3) is 0.875. The van der Waals surface area contributed by atoms with Crippen LogP contribution in [0.25, 0.3) is 0 Å². The Kier molecular flexibility index (Phi) is 3.05. The van der Waals surface area contributed by atoms with Crippen LogP contribution in [0.5, 0.6) is 0 Å². The summed E-state index contributed by atoms with van der Waals surface area (Å²) in [5.74, 6) is -0.633. The van der Waals surface area contributed by atoms with Gasteiger partial charge >= 0.3 is 5.97 Å². The van der Waals surface area contributed by atoms with E-state index in [-0.39, 0.29) is 6.04 Å². The Labute approximate surface area is 71.6 Å². The van der Waals surface area contributed by atoms with Crippen LogP contribution in [0, 0.1) is 5.92 Å². The molecule has 4 heteroatoms. The standard InChI is InChI=1S/C8H15NO3/c1-5-2-3-9-6(4-5)7(10)8(11)12/h5-7,9-10H,2-4H2,1H3,(H,11,12). The molecule has 0 bridgehead atoms. The van der Waals surface area contributed by atoms with Gasteiger partial charge in [-0.3, -0.25) is 0 Å². The van der Waals surface area contributed by atoms with Crippen molar-refractivity contribution in [1.29, 1.82) is 0 Å². The smallest absolute Gasteiger partial charge is 0.334 e. The molecule has 0 amide bonds. The molecule has 0 aromatic rings. The molecule has 3 unspecified atom stereocenters. The van der Waals surface area contributed by atoms with Crippen LogP contribution >= 0.6 is 0 Å². The molecule has 1 aliphatic rings. The van der Waals surface area contributed by atoms with E-state index < -0.39 is 12.1 Å². The molecule has 0 spiro atoms. The molecule has 70 valence electrons. The third kappa shape index (κ3) is 2.19. The van der Waals surface area contributed by atoms with E-state index in [0.717, 1.165) is 19.4 Å². The van der Waals surface area contributed by atoms with Gasteiger partial charge in [0, 0.05) is 6.04 Å². The molecular formula is C8H15NO3. The summed E-state index contributed by atoms with van der Waals surface area (Å²) in [6.45, 7) is 2.87. The number of hydrogen-bond donors (Lipinski definition) is 3. The van der Waals surface area contributed by atoms with E-state index in [9.17, 15) is 9.90 Å². The predicted molar refractivity (Wildman–Crippen MR) is 43.8 cm³/mol. The second kappa shape index (κ2) is 3.87. The van der Waals surface area contributed by atoms with Gasteiger partial charge in [0.15, 0.2) is 6.10 Å². The van der Waals surface area contributed by atoms with Crippen molar-refractivity contribution in [3.05, 3.63) is 0 Å². The first kappa shape index (κ1) is 9.48. The van der Waals surface area contributed by atoms with Gasteiger partial charge in [-0.2, -0.15) is 0 Å². The van der Waals surface area contributed by atoms with Crippen LogP contribution in [0.1, 0.15) is 19.8 Å². The molecule has 12 heavy (non-hydrogen) atoms. The Bertz CT molecular complexity index is 172. The molecule has 0 aliphatic carbocycles. The summed E-state index contributed by atoms with van der Waals surface area (Å²) in [6.07, 6.45) is 0.545. The summed E-state index contributed by atoms with van der Waals surface area (Å²) in [5.41, 5.74) is 0. The molecule has 4 nitrogen and oxygen atoms in total. The van der Waals surface area contributed by atoms with Crippen molar-refractivity contribution >= 4 is 5.97 Å². The number of piperidine rings is 1. The molecule has 1 heterocycles. The molecule has 0 saturated carbocycles. The van der Waals surface area contributed by atoms with Gasteiger partial charge in [-0.25, -0.2) is 4.79 Å². The van der Waals surface area contributed by atoms with E-state index in [0.29, 0.717) is 5.92 Å². The molecule has 0 aromatic heterocycles. The molecule has 1 rings (SSSR count). The van der Waals surface area contributed by atoms with Crippen LogP contribution in [0.2, 0.25) is 0 Å². The Morgan fingerprint density at radius 2 is 2.33 bits per heavy atom.